The minimum atomic E-state index is -0.959. The molecule has 2 aromatic rings. The molecule has 0 fully saturated rings. The van der Waals surface area contributed by atoms with Crippen molar-refractivity contribution in [3.63, 3.8) is 0 Å². The maximum absolute atomic E-state index is 12.0. The fourth-order valence-corrected chi connectivity index (χ4v) is 3.30. The van der Waals surface area contributed by atoms with Gasteiger partial charge in [0.05, 0.1) is 5.56 Å². The number of aryl methyl sites for hydroxylation is 1. The molecule has 0 aliphatic rings. The first-order valence-corrected chi connectivity index (χ1v) is 8.35. The topological polar surface area (TPSA) is 54.4 Å². The van der Waals surface area contributed by atoms with E-state index in [1.54, 1.807) is 18.2 Å². The minimum Gasteiger partial charge on any atom is -0.478 e. The standard InChI is InChI=1S/C17H18O3S/c18-17(19)16-10-4-8-15(12-16)13-21(20)11-5-9-14-6-2-1-3-7-14/h1-4,6-8,10,12H,5,9,11,13H2,(H,18,19). The van der Waals surface area contributed by atoms with Gasteiger partial charge in [-0.1, -0.05) is 42.5 Å². The smallest absolute Gasteiger partial charge is 0.335 e. The molecule has 2 aromatic carbocycles. The summed E-state index contributed by atoms with van der Waals surface area (Å²) in [4.78, 5) is 10.9. The van der Waals surface area contributed by atoms with Gasteiger partial charge in [-0.05, 0) is 36.1 Å². The van der Waals surface area contributed by atoms with E-state index in [0.29, 0.717) is 11.5 Å². The van der Waals surface area contributed by atoms with Crippen molar-refractivity contribution in [2.24, 2.45) is 0 Å². The van der Waals surface area contributed by atoms with Crippen LogP contribution in [0.2, 0.25) is 0 Å². The molecular weight excluding hydrogens is 284 g/mol. The Morgan fingerprint density at radius 1 is 1.00 bits per heavy atom. The van der Waals surface area contributed by atoms with E-state index in [4.69, 9.17) is 5.11 Å². The molecule has 0 radical (unpaired) electrons. The molecule has 0 spiro atoms. The lowest BCUT2D eigenvalue weighted by Gasteiger charge is -2.04. The van der Waals surface area contributed by atoms with Crippen molar-refractivity contribution >= 4 is 16.8 Å². The van der Waals surface area contributed by atoms with E-state index in [-0.39, 0.29) is 5.56 Å². The number of carbonyl (C=O) groups is 1. The lowest BCUT2D eigenvalue weighted by Crippen LogP contribution is -2.04. The van der Waals surface area contributed by atoms with Crippen LogP contribution in [0.3, 0.4) is 0 Å². The highest BCUT2D eigenvalue weighted by Crippen LogP contribution is 2.10. The molecular formula is C17H18O3S. The van der Waals surface area contributed by atoms with Crippen LogP contribution < -0.4 is 0 Å². The Hall–Kier alpha value is -1.94. The zero-order chi connectivity index (χ0) is 15.1. The Labute approximate surface area is 127 Å². The van der Waals surface area contributed by atoms with E-state index in [9.17, 15) is 9.00 Å². The van der Waals surface area contributed by atoms with Crippen molar-refractivity contribution in [2.75, 3.05) is 5.75 Å². The number of aromatic carboxylic acids is 1. The second-order valence-corrected chi connectivity index (χ2v) is 6.46. The molecule has 2 rings (SSSR count). The maximum Gasteiger partial charge on any atom is 0.335 e. The van der Waals surface area contributed by atoms with E-state index in [1.165, 1.54) is 5.56 Å². The molecule has 1 unspecified atom stereocenters. The predicted molar refractivity (Wildman–Crippen MR) is 84.9 cm³/mol. The number of carboxylic acid groups (broad SMARTS) is 1. The van der Waals surface area contributed by atoms with E-state index < -0.39 is 16.8 Å². The second-order valence-electron chi connectivity index (χ2n) is 4.88. The molecule has 0 aliphatic heterocycles. The normalized spacial score (nSPS) is 12.0. The monoisotopic (exact) mass is 302 g/mol. The Morgan fingerprint density at radius 2 is 1.71 bits per heavy atom. The average Bonchev–Trinajstić information content (AvgIpc) is 2.48. The molecule has 0 aromatic heterocycles. The molecule has 0 heterocycles. The van der Waals surface area contributed by atoms with Crippen LogP contribution >= 0.6 is 0 Å². The van der Waals surface area contributed by atoms with E-state index >= 15 is 0 Å². The molecule has 1 atom stereocenters. The first-order valence-electron chi connectivity index (χ1n) is 6.86. The second kappa shape index (κ2) is 7.74. The number of benzene rings is 2. The van der Waals surface area contributed by atoms with Crippen LogP contribution in [0.4, 0.5) is 0 Å². The van der Waals surface area contributed by atoms with Crippen LogP contribution in [0.15, 0.2) is 54.6 Å². The maximum atomic E-state index is 12.0. The zero-order valence-corrected chi connectivity index (χ0v) is 12.5. The van der Waals surface area contributed by atoms with Gasteiger partial charge in [-0.2, -0.15) is 0 Å². The summed E-state index contributed by atoms with van der Waals surface area (Å²) in [6.45, 7) is 0. The fraction of sp³-hybridized carbons (Fsp3) is 0.235. The SMILES string of the molecule is O=C(O)c1cccc(CS(=O)CCCc2ccccc2)c1. The van der Waals surface area contributed by atoms with Gasteiger partial charge < -0.3 is 5.11 Å². The van der Waals surface area contributed by atoms with E-state index in [2.05, 4.69) is 12.1 Å². The van der Waals surface area contributed by atoms with Crippen molar-refractivity contribution in [1.82, 2.24) is 0 Å². The first-order chi connectivity index (χ1) is 10.1. The van der Waals surface area contributed by atoms with E-state index in [0.717, 1.165) is 18.4 Å². The third-order valence-electron chi connectivity index (χ3n) is 3.18. The highest BCUT2D eigenvalue weighted by molar-refractivity contribution is 7.84. The van der Waals surface area contributed by atoms with Gasteiger partial charge in [-0.25, -0.2) is 4.79 Å². The summed E-state index contributed by atoms with van der Waals surface area (Å²) in [5.41, 5.74) is 2.31. The molecule has 0 bridgehead atoms. The first kappa shape index (κ1) is 15.4. The van der Waals surface area contributed by atoms with Crippen LogP contribution in [-0.2, 0) is 23.0 Å². The highest BCUT2D eigenvalue weighted by atomic mass is 32.2. The number of hydrogen-bond donors (Lipinski definition) is 1. The van der Waals surface area contributed by atoms with Gasteiger partial charge in [-0.3, -0.25) is 4.21 Å². The van der Waals surface area contributed by atoms with Crippen LogP contribution in [0.25, 0.3) is 0 Å². The summed E-state index contributed by atoms with van der Waals surface area (Å²) >= 11 is 0. The van der Waals surface area contributed by atoms with Crippen molar-refractivity contribution in [3.8, 4) is 0 Å². The molecule has 1 N–H and O–H groups in total. The molecule has 0 amide bonds. The molecule has 0 saturated carbocycles. The van der Waals surface area contributed by atoms with Gasteiger partial charge in [-0.15, -0.1) is 0 Å². The largest absolute Gasteiger partial charge is 0.478 e. The molecule has 4 heteroatoms. The lowest BCUT2D eigenvalue weighted by atomic mass is 10.1. The quantitative estimate of drug-likeness (QED) is 0.854. The Morgan fingerprint density at radius 3 is 2.43 bits per heavy atom. The summed E-state index contributed by atoms with van der Waals surface area (Å²) in [6.07, 6.45) is 1.79. The van der Waals surface area contributed by atoms with Gasteiger partial charge >= 0.3 is 5.97 Å². The van der Waals surface area contributed by atoms with Gasteiger partial charge in [0.15, 0.2) is 0 Å². The van der Waals surface area contributed by atoms with Gasteiger partial charge in [0.2, 0.25) is 0 Å². The van der Waals surface area contributed by atoms with Gasteiger partial charge in [0.1, 0.15) is 0 Å². The summed E-state index contributed by atoms with van der Waals surface area (Å²) in [5, 5.41) is 8.94. The molecule has 0 saturated heterocycles. The van der Waals surface area contributed by atoms with Crippen molar-refractivity contribution in [2.45, 2.75) is 18.6 Å². The van der Waals surface area contributed by atoms with Crippen molar-refractivity contribution in [3.05, 3.63) is 71.3 Å². The Balaban J connectivity index is 1.82. The molecule has 0 aliphatic carbocycles. The van der Waals surface area contributed by atoms with Crippen molar-refractivity contribution < 1.29 is 14.1 Å². The molecule has 21 heavy (non-hydrogen) atoms. The lowest BCUT2D eigenvalue weighted by molar-refractivity contribution is 0.0696. The van der Waals surface area contributed by atoms with Crippen LogP contribution in [0.1, 0.15) is 27.9 Å². The average molecular weight is 302 g/mol. The van der Waals surface area contributed by atoms with E-state index in [1.807, 2.05) is 24.3 Å². The predicted octanol–water partition coefficient (Wildman–Crippen LogP) is 3.27. The minimum absolute atomic E-state index is 0.244. The third kappa shape index (κ3) is 5.16. The van der Waals surface area contributed by atoms with Gasteiger partial charge in [0, 0.05) is 22.3 Å². The Bertz CT molecular complexity index is 623. The highest BCUT2D eigenvalue weighted by Gasteiger charge is 2.06. The van der Waals surface area contributed by atoms with Crippen LogP contribution in [-0.4, -0.2) is 21.0 Å². The third-order valence-corrected chi connectivity index (χ3v) is 4.58. The summed E-state index contributed by atoms with van der Waals surface area (Å²) < 4.78 is 12.0. The number of hydrogen-bond acceptors (Lipinski definition) is 2. The molecule has 3 nitrogen and oxygen atoms in total. The van der Waals surface area contributed by atoms with Gasteiger partial charge in [0.25, 0.3) is 0 Å². The van der Waals surface area contributed by atoms with Crippen LogP contribution in [0.5, 0.6) is 0 Å². The molecule has 110 valence electrons. The zero-order valence-electron chi connectivity index (χ0n) is 11.7. The fourth-order valence-electron chi connectivity index (χ4n) is 2.13. The van der Waals surface area contributed by atoms with Crippen molar-refractivity contribution in [1.29, 1.82) is 0 Å². The number of rotatable bonds is 7. The number of carboxylic acids is 1. The summed E-state index contributed by atoms with van der Waals surface area (Å²) in [6, 6.07) is 16.8. The summed E-state index contributed by atoms with van der Waals surface area (Å²) in [5.74, 6) is 0.0916. The van der Waals surface area contributed by atoms with Crippen LogP contribution in [0, 0.1) is 0 Å². The summed E-state index contributed by atoms with van der Waals surface area (Å²) in [7, 11) is -0.959. The Kier molecular flexibility index (Phi) is 5.69.